The van der Waals surface area contributed by atoms with Crippen molar-refractivity contribution < 1.29 is 24.3 Å². The molecule has 38 heavy (non-hydrogen) atoms. The molecule has 196 valence electrons. The van der Waals surface area contributed by atoms with Gasteiger partial charge >= 0.3 is 0 Å². The van der Waals surface area contributed by atoms with Crippen LogP contribution in [0.15, 0.2) is 72.6 Å². The Morgan fingerprint density at radius 2 is 1.84 bits per heavy atom. The number of rotatable bonds is 13. The molecule has 11 heteroatoms. The van der Waals surface area contributed by atoms with Crippen LogP contribution in [0.1, 0.15) is 25.7 Å². The first-order valence-electron chi connectivity index (χ1n) is 11.9. The second-order valence-electron chi connectivity index (χ2n) is 8.15. The van der Waals surface area contributed by atoms with Gasteiger partial charge in [-0.25, -0.2) is 10.5 Å². The van der Waals surface area contributed by atoms with Crippen LogP contribution in [-0.4, -0.2) is 33.6 Å². The number of fused-ring (bicyclic) bond motifs is 1. The maximum Gasteiger partial charge on any atom is 0.247 e. The molecule has 2 heterocycles. The van der Waals surface area contributed by atoms with Crippen LogP contribution in [0.25, 0.3) is 10.2 Å². The number of carbonyl (C=O) groups excluding carboxylic acids is 2. The molecule has 4 aromatic rings. The highest BCUT2D eigenvalue weighted by Crippen LogP contribution is 2.33. The molecule has 4 rings (SSSR count). The third kappa shape index (κ3) is 7.51. The van der Waals surface area contributed by atoms with Crippen molar-refractivity contribution in [3.8, 4) is 17.4 Å². The van der Waals surface area contributed by atoms with Crippen molar-refractivity contribution in [3.05, 3.63) is 72.6 Å². The first-order chi connectivity index (χ1) is 18.5. The first-order valence-corrected chi connectivity index (χ1v) is 12.8. The van der Waals surface area contributed by atoms with E-state index in [1.165, 1.54) is 17.4 Å². The summed E-state index contributed by atoms with van der Waals surface area (Å²) in [4.78, 5) is 31.8. The van der Waals surface area contributed by atoms with Crippen LogP contribution in [0.5, 0.6) is 17.4 Å². The molecule has 0 aliphatic heterocycles. The number of nitrogens with zero attached hydrogens (tertiary/aromatic N) is 2. The summed E-state index contributed by atoms with van der Waals surface area (Å²) in [6.45, 7) is 4.00. The van der Waals surface area contributed by atoms with Crippen molar-refractivity contribution in [3.63, 3.8) is 0 Å². The third-order valence-electron chi connectivity index (χ3n) is 5.33. The highest BCUT2D eigenvalue weighted by Gasteiger charge is 2.12. The van der Waals surface area contributed by atoms with Gasteiger partial charge in [0.2, 0.25) is 23.6 Å². The van der Waals surface area contributed by atoms with Gasteiger partial charge in [-0.15, -0.1) is 11.3 Å². The number of nitrogens with one attached hydrogen (secondary N) is 3. The van der Waals surface area contributed by atoms with Crippen molar-refractivity contribution in [1.29, 1.82) is 0 Å². The van der Waals surface area contributed by atoms with E-state index in [0.29, 0.717) is 42.7 Å². The Balaban J connectivity index is 1.38. The summed E-state index contributed by atoms with van der Waals surface area (Å²) in [6.07, 6.45) is 3.82. The van der Waals surface area contributed by atoms with Gasteiger partial charge in [-0.1, -0.05) is 12.6 Å². The molecule has 0 atom stereocenters. The molecule has 0 spiro atoms. The van der Waals surface area contributed by atoms with E-state index < -0.39 is 0 Å². The lowest BCUT2D eigenvalue weighted by molar-refractivity contribution is -0.129. The van der Waals surface area contributed by atoms with Crippen LogP contribution >= 0.6 is 11.3 Å². The van der Waals surface area contributed by atoms with E-state index in [1.54, 1.807) is 29.7 Å². The van der Waals surface area contributed by atoms with Crippen LogP contribution in [0, 0.1) is 0 Å². The molecule has 0 unspecified atom stereocenters. The molecule has 0 fully saturated rings. The van der Waals surface area contributed by atoms with E-state index in [1.807, 2.05) is 35.7 Å². The molecule has 4 N–H and O–H groups in total. The average Bonchev–Trinajstić information content (AvgIpc) is 3.40. The molecule has 0 bridgehead atoms. The zero-order chi connectivity index (χ0) is 26.7. The van der Waals surface area contributed by atoms with Gasteiger partial charge in [0.25, 0.3) is 0 Å². The number of anilines is 3. The molecular weight excluding hydrogens is 506 g/mol. The van der Waals surface area contributed by atoms with Gasteiger partial charge in [0.15, 0.2) is 0 Å². The summed E-state index contributed by atoms with van der Waals surface area (Å²) < 4.78 is 12.6. The lowest BCUT2D eigenvalue weighted by Gasteiger charge is -2.11. The quantitative estimate of drug-likeness (QED) is 0.0733. The lowest BCUT2D eigenvalue weighted by Crippen LogP contribution is -2.17. The summed E-state index contributed by atoms with van der Waals surface area (Å²) in [6, 6.07) is 16.4. The molecule has 0 saturated heterocycles. The number of hydrogen-bond acceptors (Lipinski definition) is 9. The predicted octanol–water partition coefficient (Wildman–Crippen LogP) is 5.80. The first kappa shape index (κ1) is 26.6. The van der Waals surface area contributed by atoms with Crippen molar-refractivity contribution in [1.82, 2.24) is 15.4 Å². The van der Waals surface area contributed by atoms with Crippen molar-refractivity contribution in [2.24, 2.45) is 0 Å². The summed E-state index contributed by atoms with van der Waals surface area (Å²) in [5.74, 6) is 1.34. The maximum absolute atomic E-state index is 11.6. The summed E-state index contributed by atoms with van der Waals surface area (Å²) in [5.41, 5.74) is 3.74. The van der Waals surface area contributed by atoms with Gasteiger partial charge in [0, 0.05) is 23.9 Å². The molecule has 0 saturated carbocycles. The van der Waals surface area contributed by atoms with E-state index >= 15 is 0 Å². The van der Waals surface area contributed by atoms with E-state index in [-0.39, 0.29) is 11.8 Å². The Hall–Kier alpha value is -4.48. The average molecular weight is 534 g/mol. The number of hydrogen-bond donors (Lipinski definition) is 4. The number of carbonyl (C=O) groups is 2. The normalized spacial score (nSPS) is 10.6. The van der Waals surface area contributed by atoms with E-state index in [0.717, 1.165) is 34.5 Å². The topological polar surface area (TPSA) is 135 Å². The molecule has 0 radical (unpaired) electrons. The number of benzene rings is 2. The summed E-state index contributed by atoms with van der Waals surface area (Å²) in [7, 11) is 0. The monoisotopic (exact) mass is 533 g/mol. The fraction of sp³-hybridized carbons (Fsp3) is 0.185. The second-order valence-corrected chi connectivity index (χ2v) is 9.07. The van der Waals surface area contributed by atoms with Crippen LogP contribution in [0.3, 0.4) is 0 Å². The number of hydroxylamine groups is 1. The predicted molar refractivity (Wildman–Crippen MR) is 146 cm³/mol. The summed E-state index contributed by atoms with van der Waals surface area (Å²) in [5, 5.41) is 16.3. The molecule has 0 aliphatic carbocycles. The van der Waals surface area contributed by atoms with E-state index in [4.69, 9.17) is 14.7 Å². The minimum atomic E-state index is -0.377. The largest absolute Gasteiger partial charge is 0.494 e. The Morgan fingerprint density at radius 3 is 2.63 bits per heavy atom. The summed E-state index contributed by atoms with van der Waals surface area (Å²) >= 11 is 1.48. The van der Waals surface area contributed by atoms with Crippen molar-refractivity contribution in [2.75, 3.05) is 17.2 Å². The van der Waals surface area contributed by atoms with Crippen LogP contribution in [-0.2, 0) is 9.59 Å². The Bertz CT molecular complexity index is 1410. The molecule has 2 aromatic carbocycles. The molecule has 0 aliphatic rings. The number of aromatic nitrogens is 2. The molecule has 10 nitrogen and oxygen atoms in total. The van der Waals surface area contributed by atoms with Gasteiger partial charge in [0.05, 0.1) is 12.1 Å². The third-order valence-corrected chi connectivity index (χ3v) is 6.22. The number of ether oxygens (including phenoxy) is 2. The SMILES string of the molecule is C=CC(=O)Nc1cccc(Oc2nc(Nc3ccc(OCCCCCC(=O)NO)cc3)nc3ccsc23)c1. The van der Waals surface area contributed by atoms with Crippen molar-refractivity contribution >= 4 is 50.7 Å². The van der Waals surface area contributed by atoms with Crippen LogP contribution < -0.4 is 25.6 Å². The smallest absolute Gasteiger partial charge is 0.247 e. The van der Waals surface area contributed by atoms with Gasteiger partial charge < -0.3 is 20.1 Å². The van der Waals surface area contributed by atoms with Crippen LogP contribution in [0.4, 0.5) is 17.3 Å². The number of unbranched alkanes of at least 4 members (excludes halogenated alkanes) is 2. The molecule has 2 aromatic heterocycles. The Kier molecular flexibility index (Phi) is 9.22. The van der Waals surface area contributed by atoms with Gasteiger partial charge in [-0.3, -0.25) is 14.8 Å². The second kappa shape index (κ2) is 13.2. The maximum atomic E-state index is 11.6. The Morgan fingerprint density at radius 1 is 1.00 bits per heavy atom. The lowest BCUT2D eigenvalue weighted by atomic mass is 10.2. The number of amides is 2. The molecular formula is C27H27N5O5S. The van der Waals surface area contributed by atoms with Gasteiger partial charge in [0.1, 0.15) is 16.2 Å². The Labute approximate surface area is 223 Å². The minimum absolute atomic E-state index is 0.295. The van der Waals surface area contributed by atoms with E-state index in [9.17, 15) is 9.59 Å². The number of thiophene rings is 1. The van der Waals surface area contributed by atoms with Crippen molar-refractivity contribution in [2.45, 2.75) is 25.7 Å². The zero-order valence-electron chi connectivity index (χ0n) is 20.5. The standard InChI is InChI=1S/C27H27N5O5S/c1-2-23(33)28-19-7-6-8-21(17-19)37-26-25-22(14-16-38-25)30-27(31-26)29-18-10-12-20(13-11-18)36-15-5-3-4-9-24(34)32-35/h2,6-8,10-14,16-17,35H,1,3-5,9,15H2,(H,28,33)(H,32,34)(H,29,30,31). The van der Waals surface area contributed by atoms with Crippen LogP contribution in [0.2, 0.25) is 0 Å². The van der Waals surface area contributed by atoms with E-state index in [2.05, 4.69) is 27.2 Å². The fourth-order valence-electron chi connectivity index (χ4n) is 3.48. The fourth-order valence-corrected chi connectivity index (χ4v) is 4.23. The highest BCUT2D eigenvalue weighted by atomic mass is 32.1. The highest BCUT2D eigenvalue weighted by molar-refractivity contribution is 7.17. The zero-order valence-corrected chi connectivity index (χ0v) is 21.3. The minimum Gasteiger partial charge on any atom is -0.494 e. The van der Waals surface area contributed by atoms with Gasteiger partial charge in [-0.05, 0) is 73.2 Å². The van der Waals surface area contributed by atoms with Gasteiger partial charge in [-0.2, -0.15) is 4.98 Å². The molecule has 2 amide bonds.